The summed E-state index contributed by atoms with van der Waals surface area (Å²) in [5, 5.41) is 1.42. The highest BCUT2D eigenvalue weighted by molar-refractivity contribution is 8.00. The molecule has 1 amide bonds. The number of thioether (sulfide) groups is 1. The minimum atomic E-state index is -0.0914. The fourth-order valence-corrected chi connectivity index (χ4v) is 4.79. The van der Waals surface area contributed by atoms with Gasteiger partial charge >= 0.3 is 0 Å². The number of hydrogen-bond donors (Lipinski definition) is 2. The number of amides is 1. The quantitative estimate of drug-likeness (QED) is 0.461. The SMILES string of the molecule is O=C(CSc1ccc(Cl)cc1)NNc1nc2c3c(ccc2s1)CCCC3. The number of benzene rings is 2. The van der Waals surface area contributed by atoms with Crippen molar-refractivity contribution in [3.8, 4) is 0 Å². The number of nitrogens with one attached hydrogen (secondary N) is 2. The molecule has 3 aromatic rings. The van der Waals surface area contributed by atoms with E-state index in [4.69, 9.17) is 16.6 Å². The second-order valence-electron chi connectivity index (χ2n) is 6.19. The van der Waals surface area contributed by atoms with Crippen LogP contribution in [0.5, 0.6) is 0 Å². The van der Waals surface area contributed by atoms with Gasteiger partial charge in [0.25, 0.3) is 0 Å². The average Bonchev–Trinajstić information content (AvgIpc) is 3.09. The van der Waals surface area contributed by atoms with Crippen LogP contribution in [-0.4, -0.2) is 16.6 Å². The standard InChI is InChI=1S/C19H18ClN3OS2/c20-13-6-8-14(9-7-13)25-11-17(24)22-23-19-21-18-15-4-2-1-3-12(15)5-10-16(18)26-19/h5-10H,1-4,11H2,(H,21,23)(H,22,24). The number of aromatic nitrogens is 1. The summed E-state index contributed by atoms with van der Waals surface area (Å²) in [5.74, 6) is 0.237. The summed E-state index contributed by atoms with van der Waals surface area (Å²) in [4.78, 5) is 17.8. The number of halogens is 1. The predicted octanol–water partition coefficient (Wildman–Crippen LogP) is 5.06. The number of anilines is 1. The number of rotatable bonds is 5. The highest BCUT2D eigenvalue weighted by Gasteiger charge is 2.15. The monoisotopic (exact) mass is 403 g/mol. The molecule has 2 aromatic carbocycles. The minimum absolute atomic E-state index is 0.0914. The Morgan fingerprint density at radius 1 is 1.15 bits per heavy atom. The Balaban J connectivity index is 1.36. The lowest BCUT2D eigenvalue weighted by Gasteiger charge is -2.15. The Bertz CT molecular complexity index is 940. The second kappa shape index (κ2) is 7.86. The molecule has 134 valence electrons. The van der Waals surface area contributed by atoms with Crippen LogP contribution in [0.3, 0.4) is 0 Å². The molecule has 0 saturated carbocycles. The van der Waals surface area contributed by atoms with Crippen molar-refractivity contribution in [3.05, 3.63) is 52.5 Å². The molecular weight excluding hydrogens is 386 g/mol. The van der Waals surface area contributed by atoms with Gasteiger partial charge in [0, 0.05) is 9.92 Å². The number of aryl methyl sites for hydroxylation is 2. The number of carbonyl (C=O) groups excluding carboxylic acids is 1. The lowest BCUT2D eigenvalue weighted by Crippen LogP contribution is -2.30. The van der Waals surface area contributed by atoms with E-state index in [-0.39, 0.29) is 5.91 Å². The fraction of sp³-hybridized carbons (Fsp3) is 0.263. The third kappa shape index (κ3) is 3.98. The predicted molar refractivity (Wildman–Crippen MR) is 110 cm³/mol. The van der Waals surface area contributed by atoms with Crippen molar-refractivity contribution in [3.63, 3.8) is 0 Å². The molecule has 0 radical (unpaired) electrons. The molecule has 0 fully saturated rings. The first-order chi connectivity index (χ1) is 12.7. The van der Waals surface area contributed by atoms with Crippen molar-refractivity contribution in [2.45, 2.75) is 30.6 Å². The molecule has 0 saturated heterocycles. The van der Waals surface area contributed by atoms with E-state index in [1.54, 1.807) is 11.3 Å². The molecule has 4 rings (SSSR count). The van der Waals surface area contributed by atoms with Crippen molar-refractivity contribution in [2.75, 3.05) is 11.2 Å². The highest BCUT2D eigenvalue weighted by atomic mass is 35.5. The summed E-state index contributed by atoms with van der Waals surface area (Å²) in [6.07, 6.45) is 4.73. The Kier molecular flexibility index (Phi) is 5.33. The van der Waals surface area contributed by atoms with E-state index in [1.165, 1.54) is 35.7 Å². The van der Waals surface area contributed by atoms with E-state index >= 15 is 0 Å². The summed E-state index contributed by atoms with van der Waals surface area (Å²) in [5.41, 5.74) is 9.57. The maximum Gasteiger partial charge on any atom is 0.248 e. The number of hydrogen-bond acceptors (Lipinski definition) is 5. The smallest absolute Gasteiger partial charge is 0.248 e. The summed E-state index contributed by atoms with van der Waals surface area (Å²) in [6, 6.07) is 11.8. The van der Waals surface area contributed by atoms with Crippen molar-refractivity contribution >= 4 is 56.0 Å². The van der Waals surface area contributed by atoms with Crippen molar-refractivity contribution in [1.29, 1.82) is 0 Å². The van der Waals surface area contributed by atoms with E-state index in [0.717, 1.165) is 33.1 Å². The van der Waals surface area contributed by atoms with Crippen LogP contribution in [0.15, 0.2) is 41.3 Å². The van der Waals surface area contributed by atoms with E-state index in [1.807, 2.05) is 24.3 Å². The van der Waals surface area contributed by atoms with Crippen molar-refractivity contribution < 1.29 is 4.79 Å². The molecule has 1 aliphatic carbocycles. The first-order valence-electron chi connectivity index (χ1n) is 8.53. The number of nitrogens with zero attached hydrogens (tertiary/aromatic N) is 1. The lowest BCUT2D eigenvalue weighted by molar-refractivity contribution is -0.118. The molecule has 1 aromatic heterocycles. The van der Waals surface area contributed by atoms with Gasteiger partial charge in [0.15, 0.2) is 0 Å². The zero-order valence-electron chi connectivity index (χ0n) is 14.0. The van der Waals surface area contributed by atoms with E-state index in [2.05, 4.69) is 23.0 Å². The number of carbonyl (C=O) groups is 1. The van der Waals surface area contributed by atoms with Gasteiger partial charge in [-0.05, 0) is 67.1 Å². The molecule has 0 bridgehead atoms. The maximum atomic E-state index is 12.1. The first kappa shape index (κ1) is 17.6. The van der Waals surface area contributed by atoms with Gasteiger partial charge in [-0.15, -0.1) is 11.8 Å². The summed E-state index contributed by atoms with van der Waals surface area (Å²) < 4.78 is 1.16. The van der Waals surface area contributed by atoms with Crippen LogP contribution in [0, 0.1) is 0 Å². The topological polar surface area (TPSA) is 54.0 Å². The van der Waals surface area contributed by atoms with Crippen LogP contribution >= 0.6 is 34.7 Å². The van der Waals surface area contributed by atoms with Crippen molar-refractivity contribution in [1.82, 2.24) is 10.4 Å². The minimum Gasteiger partial charge on any atom is -0.273 e. The summed E-state index contributed by atoms with van der Waals surface area (Å²) in [7, 11) is 0. The Labute approximate surface area is 165 Å². The first-order valence-corrected chi connectivity index (χ1v) is 10.7. The van der Waals surface area contributed by atoms with Gasteiger partial charge in [0.1, 0.15) is 0 Å². The fourth-order valence-electron chi connectivity index (χ4n) is 3.11. The molecular formula is C19H18ClN3OS2. The van der Waals surface area contributed by atoms with Crippen molar-refractivity contribution in [2.24, 2.45) is 0 Å². The largest absolute Gasteiger partial charge is 0.273 e. The van der Waals surface area contributed by atoms with Gasteiger partial charge in [0.05, 0.1) is 16.0 Å². The van der Waals surface area contributed by atoms with Gasteiger partial charge in [-0.25, -0.2) is 4.98 Å². The van der Waals surface area contributed by atoms with E-state index in [0.29, 0.717) is 10.8 Å². The maximum absolute atomic E-state index is 12.1. The third-order valence-corrected chi connectivity index (χ3v) is 6.58. The lowest BCUT2D eigenvalue weighted by atomic mass is 9.91. The van der Waals surface area contributed by atoms with Gasteiger partial charge in [-0.1, -0.05) is 29.0 Å². The van der Waals surface area contributed by atoms with Gasteiger partial charge in [-0.2, -0.15) is 0 Å². The average molecular weight is 404 g/mol. The third-order valence-electron chi connectivity index (χ3n) is 4.38. The normalized spacial score (nSPS) is 13.4. The number of fused-ring (bicyclic) bond motifs is 3. The summed E-state index contributed by atoms with van der Waals surface area (Å²) in [6.45, 7) is 0. The highest BCUT2D eigenvalue weighted by Crippen LogP contribution is 2.33. The van der Waals surface area contributed by atoms with Gasteiger partial charge in [0.2, 0.25) is 11.0 Å². The molecule has 0 aliphatic heterocycles. The molecule has 26 heavy (non-hydrogen) atoms. The van der Waals surface area contributed by atoms with Crippen LogP contribution < -0.4 is 10.9 Å². The Morgan fingerprint density at radius 3 is 2.81 bits per heavy atom. The second-order valence-corrected chi connectivity index (χ2v) is 8.71. The number of hydrazine groups is 1. The molecule has 0 unspecified atom stereocenters. The number of thiazole rings is 1. The van der Waals surface area contributed by atoms with Gasteiger partial charge in [-0.3, -0.25) is 15.6 Å². The Morgan fingerprint density at radius 2 is 1.96 bits per heavy atom. The van der Waals surface area contributed by atoms with E-state index < -0.39 is 0 Å². The molecule has 7 heteroatoms. The molecule has 0 atom stereocenters. The van der Waals surface area contributed by atoms with Crippen LogP contribution in [0.1, 0.15) is 24.0 Å². The molecule has 1 heterocycles. The molecule has 4 nitrogen and oxygen atoms in total. The van der Waals surface area contributed by atoms with Crippen LogP contribution in [0.2, 0.25) is 5.02 Å². The zero-order valence-corrected chi connectivity index (χ0v) is 16.4. The molecule has 1 aliphatic rings. The Hall–Kier alpha value is -1.76. The van der Waals surface area contributed by atoms with Crippen LogP contribution in [-0.2, 0) is 17.6 Å². The van der Waals surface area contributed by atoms with Crippen LogP contribution in [0.4, 0.5) is 5.13 Å². The van der Waals surface area contributed by atoms with E-state index in [9.17, 15) is 4.79 Å². The molecule has 0 spiro atoms. The molecule has 2 N–H and O–H groups in total. The van der Waals surface area contributed by atoms with Gasteiger partial charge < -0.3 is 0 Å². The summed E-state index contributed by atoms with van der Waals surface area (Å²) >= 11 is 8.90. The van der Waals surface area contributed by atoms with Crippen LogP contribution in [0.25, 0.3) is 10.2 Å². The zero-order chi connectivity index (χ0) is 17.9.